The fourth-order valence-corrected chi connectivity index (χ4v) is 3.15. The first kappa shape index (κ1) is 26.6. The van der Waals surface area contributed by atoms with Crippen LogP contribution in [0.5, 0.6) is 11.5 Å². The number of phenols is 2. The average molecular weight is 476 g/mol. The van der Waals surface area contributed by atoms with Crippen molar-refractivity contribution in [3.8, 4) is 11.5 Å². The molecule has 1 aromatic heterocycles. The van der Waals surface area contributed by atoms with Crippen LogP contribution in [0.25, 0.3) is 10.9 Å². The second kappa shape index (κ2) is 12.0. The van der Waals surface area contributed by atoms with Crippen LogP contribution in [0, 0.1) is 0 Å². The Morgan fingerprint density at radius 2 is 1.56 bits per heavy atom. The molecule has 1 heterocycles. The number of aromatic amines is 1. The number of aliphatic hydroxyl groups is 3. The largest absolute Gasteiger partial charge is 0.504 e. The van der Waals surface area contributed by atoms with E-state index in [0.717, 1.165) is 11.9 Å². The van der Waals surface area contributed by atoms with Crippen LogP contribution in [0.2, 0.25) is 0 Å². The second-order valence-corrected chi connectivity index (χ2v) is 7.70. The van der Waals surface area contributed by atoms with E-state index in [-0.39, 0.29) is 17.5 Å². The van der Waals surface area contributed by atoms with Gasteiger partial charge in [-0.3, -0.25) is 0 Å². The number of hydrogen-bond donors (Lipinski definition) is 9. The van der Waals surface area contributed by atoms with Gasteiger partial charge in [0, 0.05) is 29.7 Å². The number of aliphatic carboxylic acids is 2. The number of fused-ring (bicyclic) bond motifs is 1. The molecule has 11 nitrogen and oxygen atoms in total. The van der Waals surface area contributed by atoms with Gasteiger partial charge in [0.05, 0.1) is 6.10 Å². The zero-order valence-electron chi connectivity index (χ0n) is 18.3. The first-order valence-electron chi connectivity index (χ1n) is 10.3. The Balaban J connectivity index is 0.000000347. The highest BCUT2D eigenvalue weighted by Gasteiger charge is 2.29. The molecule has 0 aliphatic rings. The maximum Gasteiger partial charge on any atom is 0.335 e. The zero-order chi connectivity index (χ0) is 25.4. The smallest absolute Gasteiger partial charge is 0.335 e. The molecule has 0 amide bonds. The van der Waals surface area contributed by atoms with E-state index < -0.39 is 30.3 Å². The molecule has 11 heteroatoms. The molecular formula is C23H28N2O9. The van der Waals surface area contributed by atoms with E-state index in [2.05, 4.69) is 29.4 Å². The van der Waals surface area contributed by atoms with Gasteiger partial charge in [-0.15, -0.1) is 0 Å². The van der Waals surface area contributed by atoms with Crippen molar-refractivity contribution in [3.05, 3.63) is 59.8 Å². The summed E-state index contributed by atoms with van der Waals surface area (Å²) in [7, 11) is 0. The number of carbonyl (C=O) groups is 2. The number of carboxylic acids is 2. The van der Waals surface area contributed by atoms with Gasteiger partial charge in [0.25, 0.3) is 0 Å². The highest BCUT2D eigenvalue weighted by molar-refractivity contribution is 5.83. The van der Waals surface area contributed by atoms with Crippen molar-refractivity contribution in [3.63, 3.8) is 0 Å². The Morgan fingerprint density at radius 1 is 0.941 bits per heavy atom. The zero-order valence-corrected chi connectivity index (χ0v) is 18.3. The van der Waals surface area contributed by atoms with Crippen molar-refractivity contribution in [1.29, 1.82) is 0 Å². The molecule has 34 heavy (non-hydrogen) atoms. The van der Waals surface area contributed by atoms with Gasteiger partial charge in [-0.05, 0) is 42.7 Å². The van der Waals surface area contributed by atoms with Crippen molar-refractivity contribution < 1.29 is 45.3 Å². The second-order valence-electron chi connectivity index (χ2n) is 7.70. The molecule has 0 aliphatic heterocycles. The van der Waals surface area contributed by atoms with Crippen LogP contribution in [0.3, 0.4) is 0 Å². The number of rotatable bonds is 9. The molecule has 0 saturated carbocycles. The van der Waals surface area contributed by atoms with Crippen LogP contribution in [-0.2, 0) is 16.0 Å². The van der Waals surface area contributed by atoms with Crippen molar-refractivity contribution >= 4 is 22.8 Å². The fourth-order valence-electron chi connectivity index (χ4n) is 3.15. The fraction of sp³-hybridized carbons (Fsp3) is 0.304. The first-order valence-corrected chi connectivity index (χ1v) is 10.3. The molecule has 0 spiro atoms. The highest BCUT2D eigenvalue weighted by atomic mass is 16.4. The van der Waals surface area contributed by atoms with Crippen LogP contribution in [0.15, 0.2) is 48.7 Å². The molecule has 4 atom stereocenters. The van der Waals surface area contributed by atoms with Gasteiger partial charge in [0.2, 0.25) is 0 Å². The van der Waals surface area contributed by atoms with Crippen LogP contribution in [-0.4, -0.2) is 77.5 Å². The third kappa shape index (κ3) is 7.18. The minimum Gasteiger partial charge on any atom is -0.504 e. The van der Waals surface area contributed by atoms with E-state index in [0.29, 0.717) is 12.1 Å². The van der Waals surface area contributed by atoms with Crippen LogP contribution in [0.4, 0.5) is 0 Å². The van der Waals surface area contributed by atoms with Gasteiger partial charge < -0.3 is 46.0 Å². The molecule has 0 bridgehead atoms. The molecule has 3 aromatic rings. The molecule has 184 valence electrons. The molecule has 0 saturated heterocycles. The molecule has 4 unspecified atom stereocenters. The lowest BCUT2D eigenvalue weighted by atomic mass is 10.0. The highest BCUT2D eigenvalue weighted by Crippen LogP contribution is 2.27. The summed E-state index contributed by atoms with van der Waals surface area (Å²) in [6.07, 6.45) is -2.41. The molecule has 3 rings (SSSR count). The van der Waals surface area contributed by atoms with E-state index in [9.17, 15) is 24.9 Å². The number of carboxylic acid groups (broad SMARTS) is 2. The number of H-pyrrole nitrogens is 1. The minimum atomic E-state index is -2.27. The number of phenolic OH excluding ortho intramolecular Hbond substituents is 2. The quantitative estimate of drug-likeness (QED) is 0.198. The monoisotopic (exact) mass is 476 g/mol. The van der Waals surface area contributed by atoms with Crippen molar-refractivity contribution in [2.24, 2.45) is 0 Å². The van der Waals surface area contributed by atoms with Gasteiger partial charge in [0.1, 0.15) is 0 Å². The SMILES string of the molecule is CC(Cc1c[nH]c2ccccc12)NCC(O)c1ccc(O)c(O)c1.O=C(O)C(O)C(O)C(=O)O. The number of aromatic nitrogens is 1. The van der Waals surface area contributed by atoms with Gasteiger partial charge >= 0.3 is 11.9 Å². The number of para-hydroxylation sites is 1. The maximum absolute atomic E-state index is 10.2. The van der Waals surface area contributed by atoms with Crippen LogP contribution >= 0.6 is 0 Å². The Hall–Kier alpha value is -3.64. The summed E-state index contributed by atoms with van der Waals surface area (Å²) in [5.41, 5.74) is 2.93. The number of aromatic hydroxyl groups is 2. The third-order valence-electron chi connectivity index (χ3n) is 5.05. The number of hydrogen-bond acceptors (Lipinski definition) is 8. The van der Waals surface area contributed by atoms with E-state index in [1.165, 1.54) is 23.1 Å². The van der Waals surface area contributed by atoms with Crippen LogP contribution in [0.1, 0.15) is 24.2 Å². The van der Waals surface area contributed by atoms with E-state index in [4.69, 9.17) is 20.4 Å². The Morgan fingerprint density at radius 3 is 2.15 bits per heavy atom. The summed E-state index contributed by atoms with van der Waals surface area (Å²) in [4.78, 5) is 22.8. The van der Waals surface area contributed by atoms with Crippen molar-refractivity contribution in [2.75, 3.05) is 6.54 Å². The summed E-state index contributed by atoms with van der Waals surface area (Å²) >= 11 is 0. The normalized spacial score (nSPS) is 14.5. The molecule has 2 aromatic carbocycles. The summed E-state index contributed by atoms with van der Waals surface area (Å²) in [6.45, 7) is 2.44. The summed E-state index contributed by atoms with van der Waals surface area (Å²) in [5.74, 6) is -3.95. The van der Waals surface area contributed by atoms with Gasteiger partial charge in [-0.1, -0.05) is 24.3 Å². The van der Waals surface area contributed by atoms with Crippen molar-refractivity contribution in [1.82, 2.24) is 10.3 Å². The predicted octanol–water partition coefficient (Wildman–Crippen LogP) is 0.711. The first-order chi connectivity index (χ1) is 16.0. The molecule has 9 N–H and O–H groups in total. The van der Waals surface area contributed by atoms with Gasteiger partial charge in [-0.2, -0.15) is 0 Å². The Kier molecular flexibility index (Phi) is 9.39. The summed E-state index contributed by atoms with van der Waals surface area (Å²) < 4.78 is 0. The van der Waals surface area contributed by atoms with E-state index >= 15 is 0 Å². The predicted molar refractivity (Wildman–Crippen MR) is 121 cm³/mol. The minimum absolute atomic E-state index is 0.185. The number of benzene rings is 2. The van der Waals surface area contributed by atoms with Crippen molar-refractivity contribution in [2.45, 2.75) is 37.7 Å². The summed E-state index contributed by atoms with van der Waals surface area (Å²) in [6, 6.07) is 12.7. The molecule has 0 radical (unpaired) electrons. The average Bonchev–Trinajstić information content (AvgIpc) is 3.21. The lowest BCUT2D eigenvalue weighted by molar-refractivity contribution is -0.165. The standard InChI is InChI=1S/C19H22N2O3.C4H6O6/c1-12(8-14-10-21-16-5-3-2-4-15(14)16)20-11-19(24)13-6-7-17(22)18(23)9-13;5-1(3(7)8)2(6)4(9)10/h2-7,9-10,12,19-24H,8,11H2,1H3;1-2,5-6H,(H,7,8)(H,9,10). The molecule has 0 aliphatic carbocycles. The maximum atomic E-state index is 10.2. The van der Waals surface area contributed by atoms with Gasteiger partial charge in [-0.25, -0.2) is 9.59 Å². The van der Waals surface area contributed by atoms with Crippen LogP contribution < -0.4 is 5.32 Å². The Labute approximate surface area is 194 Å². The number of aliphatic hydroxyl groups excluding tert-OH is 3. The number of nitrogens with one attached hydrogen (secondary N) is 2. The van der Waals surface area contributed by atoms with E-state index in [1.807, 2.05) is 18.3 Å². The summed E-state index contributed by atoms with van der Waals surface area (Å²) in [5, 5.41) is 66.1. The lowest BCUT2D eigenvalue weighted by Crippen LogP contribution is -2.39. The topological polar surface area (TPSA) is 204 Å². The molecule has 0 fully saturated rings. The molecular weight excluding hydrogens is 448 g/mol. The van der Waals surface area contributed by atoms with E-state index in [1.54, 1.807) is 6.07 Å². The van der Waals surface area contributed by atoms with Gasteiger partial charge in [0.15, 0.2) is 23.7 Å². The Bertz CT molecular complexity index is 1100. The third-order valence-corrected chi connectivity index (χ3v) is 5.05. The lowest BCUT2D eigenvalue weighted by Gasteiger charge is -2.17.